The molecule has 0 bridgehead atoms. The van der Waals surface area contributed by atoms with E-state index in [-0.39, 0.29) is 11.3 Å². The second-order valence-corrected chi connectivity index (χ2v) is 4.09. The fourth-order valence-electron chi connectivity index (χ4n) is 1.70. The van der Waals surface area contributed by atoms with E-state index in [0.717, 1.165) is 0 Å². The van der Waals surface area contributed by atoms with E-state index in [4.69, 9.17) is 9.84 Å². The highest BCUT2D eigenvalue weighted by Gasteiger charge is 2.14. The first kappa shape index (κ1) is 13.5. The van der Waals surface area contributed by atoms with E-state index in [0.29, 0.717) is 17.1 Å². The zero-order valence-corrected chi connectivity index (χ0v) is 10.6. The van der Waals surface area contributed by atoms with E-state index in [9.17, 15) is 14.9 Å². The summed E-state index contributed by atoms with van der Waals surface area (Å²) in [6.45, 7) is 1.60. The third-order valence-electron chi connectivity index (χ3n) is 2.78. The van der Waals surface area contributed by atoms with Gasteiger partial charge in [-0.2, -0.15) is 0 Å². The van der Waals surface area contributed by atoms with Gasteiger partial charge in [-0.15, -0.1) is 0 Å². The molecule has 0 aliphatic carbocycles. The molecule has 2 aromatic carbocycles. The number of aromatic carboxylic acids is 1. The third-order valence-corrected chi connectivity index (χ3v) is 2.78. The Balaban J connectivity index is 2.28. The molecule has 0 heterocycles. The number of carboxylic acid groups (broad SMARTS) is 1. The van der Waals surface area contributed by atoms with Gasteiger partial charge in [0.25, 0.3) is 5.69 Å². The lowest BCUT2D eigenvalue weighted by atomic mass is 10.2. The Morgan fingerprint density at radius 1 is 1.20 bits per heavy atom. The molecule has 102 valence electrons. The molecule has 6 heteroatoms. The zero-order valence-electron chi connectivity index (χ0n) is 10.6. The molecule has 0 spiro atoms. The van der Waals surface area contributed by atoms with Gasteiger partial charge in [0.2, 0.25) is 0 Å². The van der Waals surface area contributed by atoms with Crippen LogP contribution in [0, 0.1) is 17.0 Å². The number of nitro groups is 1. The molecule has 20 heavy (non-hydrogen) atoms. The van der Waals surface area contributed by atoms with E-state index in [2.05, 4.69) is 0 Å². The van der Waals surface area contributed by atoms with Gasteiger partial charge in [0.1, 0.15) is 11.5 Å². The number of carbonyl (C=O) groups is 1. The number of rotatable bonds is 4. The molecule has 2 rings (SSSR count). The predicted molar refractivity (Wildman–Crippen MR) is 71.3 cm³/mol. The first-order valence-electron chi connectivity index (χ1n) is 5.74. The summed E-state index contributed by atoms with van der Waals surface area (Å²) in [7, 11) is 0. The molecule has 0 amide bonds. The normalized spacial score (nSPS) is 10.1. The van der Waals surface area contributed by atoms with Gasteiger partial charge in [-0.1, -0.05) is 6.07 Å². The second-order valence-electron chi connectivity index (χ2n) is 4.09. The van der Waals surface area contributed by atoms with E-state index in [1.54, 1.807) is 13.0 Å². The van der Waals surface area contributed by atoms with E-state index >= 15 is 0 Å². The van der Waals surface area contributed by atoms with Crippen LogP contribution in [0.25, 0.3) is 0 Å². The molecule has 0 saturated carbocycles. The number of hydrogen-bond donors (Lipinski definition) is 1. The summed E-state index contributed by atoms with van der Waals surface area (Å²) in [6.07, 6.45) is 0. The first-order valence-corrected chi connectivity index (χ1v) is 5.74. The van der Waals surface area contributed by atoms with Crippen molar-refractivity contribution in [1.29, 1.82) is 0 Å². The molecule has 0 aliphatic heterocycles. The number of nitro benzene ring substituents is 1. The molecule has 0 radical (unpaired) electrons. The van der Waals surface area contributed by atoms with Crippen LogP contribution in [0.1, 0.15) is 15.9 Å². The van der Waals surface area contributed by atoms with Crippen LogP contribution < -0.4 is 4.74 Å². The van der Waals surface area contributed by atoms with Gasteiger partial charge in [0.05, 0.1) is 16.1 Å². The molecular formula is C14H11NO5. The summed E-state index contributed by atoms with van der Waals surface area (Å²) in [5, 5.41) is 19.6. The molecule has 0 saturated heterocycles. The van der Waals surface area contributed by atoms with Crippen molar-refractivity contribution in [1.82, 2.24) is 0 Å². The van der Waals surface area contributed by atoms with E-state index in [1.807, 2.05) is 0 Å². The highest BCUT2D eigenvalue weighted by atomic mass is 16.6. The maximum atomic E-state index is 10.8. The molecular weight excluding hydrogens is 262 g/mol. The van der Waals surface area contributed by atoms with Crippen LogP contribution in [0.4, 0.5) is 5.69 Å². The minimum Gasteiger partial charge on any atom is -0.478 e. The topological polar surface area (TPSA) is 89.7 Å². The van der Waals surface area contributed by atoms with Crippen LogP contribution in [0.15, 0.2) is 42.5 Å². The van der Waals surface area contributed by atoms with Gasteiger partial charge in [0, 0.05) is 6.07 Å². The molecule has 1 N–H and O–H groups in total. The Morgan fingerprint density at radius 3 is 2.40 bits per heavy atom. The standard InChI is InChI=1S/C14H11NO5/c1-9-12(15(18)19)3-2-4-13(9)20-11-7-5-10(6-8-11)14(16)17/h2-8H,1H3,(H,16,17). The van der Waals surface area contributed by atoms with Gasteiger partial charge in [-0.05, 0) is 37.3 Å². The Morgan fingerprint density at radius 2 is 1.85 bits per heavy atom. The zero-order chi connectivity index (χ0) is 14.7. The van der Waals surface area contributed by atoms with Crippen molar-refractivity contribution < 1.29 is 19.6 Å². The SMILES string of the molecule is Cc1c(Oc2ccc(C(=O)O)cc2)cccc1[N+](=O)[O-]. The van der Waals surface area contributed by atoms with Crippen molar-refractivity contribution in [3.05, 3.63) is 63.7 Å². The Bertz CT molecular complexity index is 664. The molecule has 2 aromatic rings. The van der Waals surface area contributed by atoms with Crippen LogP contribution in [-0.2, 0) is 0 Å². The lowest BCUT2D eigenvalue weighted by Crippen LogP contribution is -1.96. The maximum absolute atomic E-state index is 10.8. The van der Waals surface area contributed by atoms with Crippen molar-refractivity contribution >= 4 is 11.7 Å². The quantitative estimate of drug-likeness (QED) is 0.681. The minimum atomic E-state index is -1.02. The van der Waals surface area contributed by atoms with Crippen molar-refractivity contribution in [3.63, 3.8) is 0 Å². The van der Waals surface area contributed by atoms with Crippen molar-refractivity contribution in [3.8, 4) is 11.5 Å². The summed E-state index contributed by atoms with van der Waals surface area (Å²) in [4.78, 5) is 21.1. The number of nitrogens with zero attached hydrogens (tertiary/aromatic N) is 1. The van der Waals surface area contributed by atoms with Gasteiger partial charge >= 0.3 is 5.97 Å². The molecule has 0 unspecified atom stereocenters. The molecule has 0 fully saturated rings. The van der Waals surface area contributed by atoms with E-state index < -0.39 is 10.9 Å². The fourth-order valence-corrected chi connectivity index (χ4v) is 1.70. The predicted octanol–water partition coefficient (Wildman–Crippen LogP) is 3.39. The smallest absolute Gasteiger partial charge is 0.335 e. The van der Waals surface area contributed by atoms with Crippen LogP contribution in [0.5, 0.6) is 11.5 Å². The largest absolute Gasteiger partial charge is 0.478 e. The second kappa shape index (κ2) is 5.40. The van der Waals surface area contributed by atoms with Gasteiger partial charge < -0.3 is 9.84 Å². The van der Waals surface area contributed by atoms with Crippen LogP contribution in [0.3, 0.4) is 0 Å². The van der Waals surface area contributed by atoms with Gasteiger partial charge in [0.15, 0.2) is 0 Å². The Labute approximate surface area is 114 Å². The summed E-state index contributed by atoms with van der Waals surface area (Å²) in [6, 6.07) is 10.4. The minimum absolute atomic E-state index is 0.0235. The van der Waals surface area contributed by atoms with Crippen molar-refractivity contribution in [2.45, 2.75) is 6.92 Å². The van der Waals surface area contributed by atoms with Crippen LogP contribution in [-0.4, -0.2) is 16.0 Å². The molecule has 0 aromatic heterocycles. The first-order chi connectivity index (χ1) is 9.49. The Kier molecular flexibility index (Phi) is 3.65. The average Bonchev–Trinajstić information content (AvgIpc) is 2.41. The fraction of sp³-hybridized carbons (Fsp3) is 0.0714. The van der Waals surface area contributed by atoms with Gasteiger partial charge in [-0.25, -0.2) is 4.79 Å². The van der Waals surface area contributed by atoms with Crippen molar-refractivity contribution in [2.75, 3.05) is 0 Å². The summed E-state index contributed by atoms with van der Waals surface area (Å²) < 4.78 is 5.54. The highest BCUT2D eigenvalue weighted by molar-refractivity contribution is 5.87. The van der Waals surface area contributed by atoms with Crippen molar-refractivity contribution in [2.24, 2.45) is 0 Å². The number of benzene rings is 2. The van der Waals surface area contributed by atoms with E-state index in [1.165, 1.54) is 36.4 Å². The monoisotopic (exact) mass is 273 g/mol. The summed E-state index contributed by atoms with van der Waals surface area (Å²) >= 11 is 0. The van der Waals surface area contributed by atoms with Crippen LogP contribution >= 0.6 is 0 Å². The third kappa shape index (κ3) is 2.74. The molecule has 0 atom stereocenters. The maximum Gasteiger partial charge on any atom is 0.335 e. The van der Waals surface area contributed by atoms with Crippen LogP contribution in [0.2, 0.25) is 0 Å². The number of carboxylic acids is 1. The lowest BCUT2D eigenvalue weighted by Gasteiger charge is -2.08. The number of hydrogen-bond acceptors (Lipinski definition) is 4. The number of ether oxygens (including phenoxy) is 1. The summed E-state index contributed by atoms with van der Waals surface area (Å²) in [5.74, 6) is -0.246. The van der Waals surface area contributed by atoms with Gasteiger partial charge in [-0.3, -0.25) is 10.1 Å². The highest BCUT2D eigenvalue weighted by Crippen LogP contribution is 2.30. The summed E-state index contributed by atoms with van der Waals surface area (Å²) in [5.41, 5.74) is 0.539. The molecule has 0 aliphatic rings. The molecule has 6 nitrogen and oxygen atoms in total. The lowest BCUT2D eigenvalue weighted by molar-refractivity contribution is -0.385. The Hall–Kier alpha value is -2.89. The average molecular weight is 273 g/mol.